The summed E-state index contributed by atoms with van der Waals surface area (Å²) in [7, 11) is 0. The zero-order chi connectivity index (χ0) is 14.0. The van der Waals surface area contributed by atoms with Crippen LogP contribution in [-0.2, 0) is 4.79 Å². The van der Waals surface area contributed by atoms with Gasteiger partial charge in [-0.25, -0.2) is 4.79 Å². The minimum absolute atomic E-state index is 0.244. The third-order valence-corrected chi connectivity index (χ3v) is 4.11. The van der Waals surface area contributed by atoms with E-state index in [1.54, 1.807) is 31.2 Å². The molecule has 5 heteroatoms. The number of para-hydroxylation sites is 1. The van der Waals surface area contributed by atoms with Crippen LogP contribution in [0.25, 0.3) is 11.0 Å². The summed E-state index contributed by atoms with van der Waals surface area (Å²) in [4.78, 5) is 23.5. The van der Waals surface area contributed by atoms with Gasteiger partial charge in [0.25, 0.3) is 0 Å². The number of benzene rings is 1. The fraction of sp³-hybridized carbons (Fsp3) is 0.286. The highest BCUT2D eigenvalue weighted by atomic mass is 127. The van der Waals surface area contributed by atoms with E-state index < -0.39 is 9.05 Å². The van der Waals surface area contributed by atoms with Crippen molar-refractivity contribution in [2.24, 2.45) is 0 Å². The number of carbonyl (C=O) groups is 1. The molecule has 0 amide bonds. The normalized spacial score (nSPS) is 14.1. The number of fused-ring (bicyclic) bond motifs is 1. The number of ether oxygens (including phenoxy) is 1. The quantitative estimate of drug-likeness (QED) is 0.359. The molecule has 1 aromatic heterocycles. The summed E-state index contributed by atoms with van der Waals surface area (Å²) < 4.78 is 9.79. The van der Waals surface area contributed by atoms with Crippen LogP contribution in [0.2, 0.25) is 0 Å². The van der Waals surface area contributed by atoms with Crippen LogP contribution >= 0.6 is 22.6 Å². The highest BCUT2D eigenvalue weighted by Gasteiger charge is 2.30. The molecular weight excluding hydrogens is 359 g/mol. The maximum Gasteiger partial charge on any atom is 0.339 e. The van der Waals surface area contributed by atoms with Gasteiger partial charge in [0, 0.05) is 0 Å². The molecule has 0 aliphatic rings. The first-order valence-electron chi connectivity index (χ1n) is 5.88. The molecule has 0 aliphatic carbocycles. The van der Waals surface area contributed by atoms with Gasteiger partial charge in [0.2, 0.25) is 0 Å². The van der Waals surface area contributed by atoms with Gasteiger partial charge in [0.15, 0.2) is 0 Å². The molecule has 1 atom stereocenters. The molecule has 1 heterocycles. The standard InChI is InChI=1S/C14H13IO4/c1-3-14(2,15)13(17)19-11-8-12(16)18-10-7-5-4-6-9(10)11/h4-8H,3H2,1-2H3. The molecule has 2 aromatic rings. The van der Waals surface area contributed by atoms with Crippen molar-refractivity contribution in [3.63, 3.8) is 0 Å². The Morgan fingerprint density at radius 1 is 1.42 bits per heavy atom. The second-order valence-electron chi connectivity index (χ2n) is 4.37. The fourth-order valence-corrected chi connectivity index (χ4v) is 1.63. The van der Waals surface area contributed by atoms with Gasteiger partial charge in [-0.2, -0.15) is 0 Å². The third kappa shape index (κ3) is 2.97. The summed E-state index contributed by atoms with van der Waals surface area (Å²) >= 11 is 2.05. The zero-order valence-corrected chi connectivity index (χ0v) is 12.8. The first kappa shape index (κ1) is 14.0. The molecule has 0 saturated carbocycles. The number of carbonyl (C=O) groups excluding carboxylic acids is 1. The lowest BCUT2D eigenvalue weighted by atomic mass is 10.1. The molecule has 1 unspecified atom stereocenters. The van der Waals surface area contributed by atoms with Crippen molar-refractivity contribution in [3.05, 3.63) is 40.8 Å². The van der Waals surface area contributed by atoms with Gasteiger partial charge in [-0.1, -0.05) is 41.6 Å². The first-order valence-corrected chi connectivity index (χ1v) is 6.96. The second kappa shape index (κ2) is 5.32. The Bertz CT molecular complexity index is 672. The molecule has 0 spiro atoms. The van der Waals surface area contributed by atoms with Gasteiger partial charge in [-0.15, -0.1) is 0 Å². The van der Waals surface area contributed by atoms with Crippen molar-refractivity contribution in [2.75, 3.05) is 0 Å². The molecule has 2 rings (SSSR count). The first-order chi connectivity index (χ1) is 8.94. The maximum atomic E-state index is 12.1. The molecular formula is C14H13IO4. The third-order valence-electron chi connectivity index (χ3n) is 2.90. The Kier molecular flexibility index (Phi) is 3.93. The molecule has 0 N–H and O–H groups in total. The minimum Gasteiger partial charge on any atom is -0.424 e. The highest BCUT2D eigenvalue weighted by Crippen LogP contribution is 2.28. The summed E-state index contributed by atoms with van der Waals surface area (Å²) in [5.41, 5.74) is -0.127. The average Bonchev–Trinajstić information content (AvgIpc) is 2.38. The Balaban J connectivity index is 2.46. The maximum absolute atomic E-state index is 12.1. The van der Waals surface area contributed by atoms with Crippen LogP contribution in [0.15, 0.2) is 39.5 Å². The molecule has 0 aliphatic heterocycles. The smallest absolute Gasteiger partial charge is 0.339 e. The average molecular weight is 372 g/mol. The number of hydrogen-bond donors (Lipinski definition) is 0. The molecule has 100 valence electrons. The van der Waals surface area contributed by atoms with Crippen LogP contribution in [0.1, 0.15) is 20.3 Å². The van der Waals surface area contributed by atoms with E-state index >= 15 is 0 Å². The molecule has 1 aromatic carbocycles. The lowest BCUT2D eigenvalue weighted by Gasteiger charge is -2.18. The lowest BCUT2D eigenvalue weighted by Crippen LogP contribution is -2.32. The zero-order valence-electron chi connectivity index (χ0n) is 10.6. The van der Waals surface area contributed by atoms with E-state index in [9.17, 15) is 9.59 Å². The Morgan fingerprint density at radius 2 is 2.11 bits per heavy atom. The Hall–Kier alpha value is -1.37. The topological polar surface area (TPSA) is 56.5 Å². The van der Waals surface area contributed by atoms with Gasteiger partial charge in [-0.3, -0.25) is 4.79 Å². The van der Waals surface area contributed by atoms with Gasteiger partial charge in [0.1, 0.15) is 14.8 Å². The number of alkyl halides is 1. The van der Waals surface area contributed by atoms with Gasteiger partial charge < -0.3 is 9.15 Å². The molecule has 0 saturated heterocycles. The predicted molar refractivity (Wildman–Crippen MR) is 80.8 cm³/mol. The molecule has 0 fully saturated rings. The van der Waals surface area contributed by atoms with Crippen LogP contribution < -0.4 is 10.4 Å². The molecule has 0 radical (unpaired) electrons. The number of halogens is 1. The number of rotatable bonds is 3. The van der Waals surface area contributed by atoms with E-state index in [1.807, 2.05) is 29.5 Å². The number of hydrogen-bond acceptors (Lipinski definition) is 4. The number of esters is 1. The summed E-state index contributed by atoms with van der Waals surface area (Å²) in [6, 6.07) is 8.16. The van der Waals surface area contributed by atoms with E-state index in [-0.39, 0.29) is 11.7 Å². The van der Waals surface area contributed by atoms with E-state index in [2.05, 4.69) is 0 Å². The predicted octanol–water partition coefficient (Wildman–Crippen LogP) is 3.30. The molecule has 4 nitrogen and oxygen atoms in total. The van der Waals surface area contributed by atoms with Crippen LogP contribution in [-0.4, -0.2) is 9.39 Å². The lowest BCUT2D eigenvalue weighted by molar-refractivity contribution is -0.136. The van der Waals surface area contributed by atoms with Crippen molar-refractivity contribution in [3.8, 4) is 5.75 Å². The monoisotopic (exact) mass is 372 g/mol. The van der Waals surface area contributed by atoms with Crippen LogP contribution in [0.3, 0.4) is 0 Å². The summed E-state index contributed by atoms with van der Waals surface area (Å²) in [5, 5.41) is 0.610. The molecule has 0 bridgehead atoms. The summed E-state index contributed by atoms with van der Waals surface area (Å²) in [5.74, 6) is -0.125. The van der Waals surface area contributed by atoms with Crippen molar-refractivity contribution in [1.29, 1.82) is 0 Å². The van der Waals surface area contributed by atoms with Crippen LogP contribution in [0.5, 0.6) is 5.75 Å². The van der Waals surface area contributed by atoms with Crippen LogP contribution in [0, 0.1) is 0 Å². The summed E-state index contributed by atoms with van der Waals surface area (Å²) in [6.45, 7) is 3.70. The second-order valence-corrected chi connectivity index (χ2v) is 6.75. The van der Waals surface area contributed by atoms with E-state index in [0.29, 0.717) is 17.4 Å². The highest BCUT2D eigenvalue weighted by molar-refractivity contribution is 14.1. The summed E-state index contributed by atoms with van der Waals surface area (Å²) in [6.07, 6.45) is 0.645. The van der Waals surface area contributed by atoms with Gasteiger partial charge in [-0.05, 0) is 25.5 Å². The van der Waals surface area contributed by atoms with E-state index in [0.717, 1.165) is 0 Å². The van der Waals surface area contributed by atoms with Crippen LogP contribution in [0.4, 0.5) is 0 Å². The van der Waals surface area contributed by atoms with Gasteiger partial charge >= 0.3 is 11.6 Å². The van der Waals surface area contributed by atoms with Crippen molar-refractivity contribution >= 4 is 39.5 Å². The van der Waals surface area contributed by atoms with E-state index in [1.165, 1.54) is 6.07 Å². The molecule has 19 heavy (non-hydrogen) atoms. The van der Waals surface area contributed by atoms with Crippen molar-refractivity contribution < 1.29 is 13.9 Å². The minimum atomic E-state index is -0.616. The van der Waals surface area contributed by atoms with Gasteiger partial charge in [0.05, 0.1) is 11.5 Å². The SMILES string of the molecule is CCC(C)(I)C(=O)Oc1cc(=O)oc2ccccc12. The Labute approximate surface area is 123 Å². The fourth-order valence-electron chi connectivity index (χ4n) is 1.52. The van der Waals surface area contributed by atoms with Crippen molar-refractivity contribution in [1.82, 2.24) is 0 Å². The Morgan fingerprint density at radius 3 is 2.79 bits per heavy atom. The largest absolute Gasteiger partial charge is 0.424 e. The van der Waals surface area contributed by atoms with Crippen molar-refractivity contribution in [2.45, 2.75) is 23.7 Å². The van der Waals surface area contributed by atoms with E-state index in [4.69, 9.17) is 9.15 Å².